The molecule has 2 aliphatic rings. The number of hydrogen-bond donors (Lipinski definition) is 0. The Bertz CT molecular complexity index is 812. The Labute approximate surface area is 186 Å². The number of carbonyl (C=O) groups is 4. The van der Waals surface area contributed by atoms with Crippen molar-refractivity contribution in [2.45, 2.75) is 51.8 Å². The molecule has 0 spiro atoms. The number of anilines is 1. The minimum absolute atomic E-state index is 0.0208. The Balaban J connectivity index is 1.70. The molecule has 10 heteroatoms. The minimum atomic E-state index is -1.37. The van der Waals surface area contributed by atoms with Gasteiger partial charge in [-0.25, -0.2) is 0 Å². The van der Waals surface area contributed by atoms with E-state index >= 15 is 0 Å². The van der Waals surface area contributed by atoms with E-state index < -0.39 is 42.5 Å². The summed E-state index contributed by atoms with van der Waals surface area (Å²) >= 11 is 0. The lowest BCUT2D eigenvalue weighted by Crippen LogP contribution is -2.58. The Morgan fingerprint density at radius 3 is 2.00 bits per heavy atom. The number of carbonyl (C=O) groups excluding carboxylic acids is 4. The first-order valence-electron chi connectivity index (χ1n) is 10.5. The number of ether oxygens (including phenoxy) is 4. The number of nitrogens with zero attached hydrogens (tertiary/aromatic N) is 2. The van der Waals surface area contributed by atoms with Crippen LogP contribution in [0, 0.1) is 0 Å². The molecular weight excluding hydrogens is 420 g/mol. The van der Waals surface area contributed by atoms with E-state index in [-0.39, 0.29) is 12.3 Å². The van der Waals surface area contributed by atoms with Crippen LogP contribution in [0.1, 0.15) is 27.2 Å². The molecule has 1 unspecified atom stereocenters. The standard InChI is InChI=1S/C22H28N2O8/c1-14(25)29-18-13-19(32-22(31-16(3)27)20(18)30-15(2)26)21(28)24-11-9-23(10-12-24)17-7-5-4-6-8-17/h4-8,18-20,22H,9-13H2,1-3H3/t18?,19-,20+,22+/m0/s1. The molecule has 0 aromatic heterocycles. The number of amides is 1. The molecule has 0 aliphatic carbocycles. The van der Waals surface area contributed by atoms with Crippen LogP contribution in [0.15, 0.2) is 30.3 Å². The van der Waals surface area contributed by atoms with Crippen LogP contribution in [0.5, 0.6) is 0 Å². The molecule has 1 aromatic rings. The largest absolute Gasteiger partial charge is 0.458 e. The second kappa shape index (κ2) is 10.4. The Morgan fingerprint density at radius 2 is 1.44 bits per heavy atom. The van der Waals surface area contributed by atoms with E-state index in [2.05, 4.69) is 4.90 Å². The summed E-state index contributed by atoms with van der Waals surface area (Å²) in [6.45, 7) is 5.83. The molecule has 2 heterocycles. The van der Waals surface area contributed by atoms with Gasteiger partial charge in [-0.15, -0.1) is 0 Å². The van der Waals surface area contributed by atoms with Crippen molar-refractivity contribution in [2.24, 2.45) is 0 Å². The first-order chi connectivity index (χ1) is 15.2. The third kappa shape index (κ3) is 5.97. The summed E-state index contributed by atoms with van der Waals surface area (Å²) in [7, 11) is 0. The number of para-hydroxylation sites is 1. The first kappa shape index (κ1) is 23.5. The fourth-order valence-corrected chi connectivity index (χ4v) is 3.91. The maximum atomic E-state index is 13.2. The number of esters is 3. The molecule has 2 fully saturated rings. The molecule has 4 atom stereocenters. The molecule has 0 saturated carbocycles. The summed E-state index contributed by atoms with van der Waals surface area (Å²) in [5, 5.41) is 0. The van der Waals surface area contributed by atoms with Crippen LogP contribution in [-0.4, -0.2) is 79.5 Å². The molecular formula is C22H28N2O8. The Hall–Kier alpha value is -3.14. The topological polar surface area (TPSA) is 112 Å². The van der Waals surface area contributed by atoms with E-state index in [1.54, 1.807) is 4.90 Å². The van der Waals surface area contributed by atoms with Gasteiger partial charge in [0.05, 0.1) is 0 Å². The van der Waals surface area contributed by atoms with Crippen molar-refractivity contribution in [3.63, 3.8) is 0 Å². The third-order valence-corrected chi connectivity index (χ3v) is 5.27. The predicted octanol–water partition coefficient (Wildman–Crippen LogP) is 0.877. The maximum absolute atomic E-state index is 13.2. The van der Waals surface area contributed by atoms with Crippen molar-refractivity contribution >= 4 is 29.5 Å². The number of rotatable bonds is 5. The van der Waals surface area contributed by atoms with Gasteiger partial charge in [0.2, 0.25) is 12.4 Å². The highest BCUT2D eigenvalue weighted by atomic mass is 16.7. The molecule has 2 saturated heterocycles. The van der Waals surface area contributed by atoms with Gasteiger partial charge in [0.1, 0.15) is 12.2 Å². The monoisotopic (exact) mass is 448 g/mol. The summed E-state index contributed by atoms with van der Waals surface area (Å²) in [6.07, 6.45) is -4.56. The van der Waals surface area contributed by atoms with Crippen molar-refractivity contribution in [3.05, 3.63) is 30.3 Å². The summed E-state index contributed by atoms with van der Waals surface area (Å²) in [5.74, 6) is -2.25. The summed E-state index contributed by atoms with van der Waals surface area (Å²) < 4.78 is 21.4. The van der Waals surface area contributed by atoms with Crippen molar-refractivity contribution in [1.82, 2.24) is 4.90 Å². The van der Waals surface area contributed by atoms with E-state index in [1.807, 2.05) is 30.3 Å². The van der Waals surface area contributed by atoms with E-state index in [1.165, 1.54) is 20.8 Å². The van der Waals surface area contributed by atoms with Gasteiger partial charge in [-0.3, -0.25) is 19.2 Å². The smallest absolute Gasteiger partial charge is 0.305 e. The molecule has 32 heavy (non-hydrogen) atoms. The molecule has 2 aliphatic heterocycles. The predicted molar refractivity (Wildman–Crippen MR) is 111 cm³/mol. The lowest BCUT2D eigenvalue weighted by Gasteiger charge is -2.42. The second-order valence-corrected chi connectivity index (χ2v) is 7.71. The zero-order valence-corrected chi connectivity index (χ0v) is 18.4. The van der Waals surface area contributed by atoms with Crippen LogP contribution in [-0.2, 0) is 38.1 Å². The molecule has 174 valence electrons. The summed E-state index contributed by atoms with van der Waals surface area (Å²) in [5.41, 5.74) is 1.09. The quantitative estimate of drug-likeness (QED) is 0.478. The van der Waals surface area contributed by atoms with Crippen LogP contribution in [0.25, 0.3) is 0 Å². The van der Waals surface area contributed by atoms with E-state index in [0.717, 1.165) is 5.69 Å². The van der Waals surface area contributed by atoms with Gasteiger partial charge in [0.25, 0.3) is 5.91 Å². The minimum Gasteiger partial charge on any atom is -0.458 e. The van der Waals surface area contributed by atoms with Gasteiger partial charge in [-0.05, 0) is 12.1 Å². The van der Waals surface area contributed by atoms with Crippen molar-refractivity contribution in [2.75, 3.05) is 31.1 Å². The van der Waals surface area contributed by atoms with Gasteiger partial charge in [-0.2, -0.15) is 0 Å². The normalized spacial score (nSPS) is 25.6. The highest BCUT2D eigenvalue weighted by molar-refractivity contribution is 5.81. The van der Waals surface area contributed by atoms with Gasteiger partial charge in [-0.1, -0.05) is 18.2 Å². The SMILES string of the molecule is CC(=O)OC1C[C@@H](C(=O)N2CCN(c3ccccc3)CC2)O[C@@H](OC(C)=O)[C@@H]1OC(C)=O. The summed E-state index contributed by atoms with van der Waals surface area (Å²) in [4.78, 5) is 51.8. The number of benzene rings is 1. The third-order valence-electron chi connectivity index (χ3n) is 5.27. The highest BCUT2D eigenvalue weighted by Gasteiger charge is 2.48. The average Bonchev–Trinajstić information content (AvgIpc) is 2.75. The van der Waals surface area contributed by atoms with Gasteiger partial charge < -0.3 is 28.7 Å². The number of hydrogen-bond acceptors (Lipinski definition) is 9. The van der Waals surface area contributed by atoms with E-state index in [4.69, 9.17) is 18.9 Å². The molecule has 0 radical (unpaired) electrons. The van der Waals surface area contributed by atoms with Crippen LogP contribution in [0.4, 0.5) is 5.69 Å². The van der Waals surface area contributed by atoms with Crippen LogP contribution in [0.2, 0.25) is 0 Å². The maximum Gasteiger partial charge on any atom is 0.305 e. The van der Waals surface area contributed by atoms with Gasteiger partial charge >= 0.3 is 17.9 Å². The molecule has 10 nitrogen and oxygen atoms in total. The average molecular weight is 448 g/mol. The lowest BCUT2D eigenvalue weighted by molar-refractivity contribution is -0.265. The Kier molecular flexibility index (Phi) is 7.68. The highest BCUT2D eigenvalue weighted by Crippen LogP contribution is 2.28. The zero-order valence-electron chi connectivity index (χ0n) is 18.4. The number of piperazine rings is 1. The van der Waals surface area contributed by atoms with Crippen LogP contribution >= 0.6 is 0 Å². The molecule has 0 N–H and O–H groups in total. The van der Waals surface area contributed by atoms with E-state index in [9.17, 15) is 19.2 Å². The molecule has 0 bridgehead atoms. The molecule has 1 aromatic carbocycles. The fourth-order valence-electron chi connectivity index (χ4n) is 3.91. The molecule has 1 amide bonds. The second-order valence-electron chi connectivity index (χ2n) is 7.71. The lowest BCUT2D eigenvalue weighted by atomic mass is 10.0. The van der Waals surface area contributed by atoms with Gasteiger partial charge in [0, 0.05) is 59.1 Å². The van der Waals surface area contributed by atoms with Crippen molar-refractivity contribution in [3.8, 4) is 0 Å². The molecule has 3 rings (SSSR count). The van der Waals surface area contributed by atoms with Crippen molar-refractivity contribution in [1.29, 1.82) is 0 Å². The first-order valence-corrected chi connectivity index (χ1v) is 10.5. The van der Waals surface area contributed by atoms with Crippen molar-refractivity contribution < 1.29 is 38.1 Å². The van der Waals surface area contributed by atoms with E-state index in [0.29, 0.717) is 26.2 Å². The summed E-state index contributed by atoms with van der Waals surface area (Å²) in [6, 6.07) is 9.92. The zero-order chi connectivity index (χ0) is 23.3. The Morgan fingerprint density at radius 1 is 0.844 bits per heavy atom. The van der Waals surface area contributed by atoms with Crippen LogP contribution < -0.4 is 4.90 Å². The van der Waals surface area contributed by atoms with Gasteiger partial charge in [0.15, 0.2) is 0 Å². The fraction of sp³-hybridized carbons (Fsp3) is 0.545. The van der Waals surface area contributed by atoms with Crippen LogP contribution in [0.3, 0.4) is 0 Å².